The van der Waals surface area contributed by atoms with Crippen LogP contribution in [0.25, 0.3) is 0 Å². The van der Waals surface area contributed by atoms with Gasteiger partial charge in [-0.15, -0.1) is 0 Å². The molecule has 1 heterocycles. The predicted molar refractivity (Wildman–Crippen MR) is 113 cm³/mol. The summed E-state index contributed by atoms with van der Waals surface area (Å²) in [5, 5.41) is 3.26. The third-order valence-corrected chi connectivity index (χ3v) is 5.35. The molecule has 0 saturated carbocycles. The average Bonchev–Trinajstić information content (AvgIpc) is 2.92. The van der Waals surface area contributed by atoms with E-state index in [2.05, 4.69) is 12.2 Å². The highest BCUT2D eigenvalue weighted by Gasteiger charge is 2.46. The van der Waals surface area contributed by atoms with Crippen LogP contribution in [0.5, 0.6) is 0 Å². The molecule has 2 atom stereocenters. The Balaban J connectivity index is 2.20. The molecule has 0 aromatic heterocycles. The van der Waals surface area contributed by atoms with Crippen molar-refractivity contribution >= 4 is 41.0 Å². The fraction of sp³-hybridized carbons (Fsp3) is 0.571. The van der Waals surface area contributed by atoms with E-state index < -0.39 is 29.4 Å². The van der Waals surface area contributed by atoms with Crippen LogP contribution in [0.3, 0.4) is 0 Å². The van der Waals surface area contributed by atoms with E-state index in [0.29, 0.717) is 11.6 Å². The summed E-state index contributed by atoms with van der Waals surface area (Å²) in [4.78, 5) is 40.0. The maximum Gasteiger partial charge on any atom is 0.313 e. The van der Waals surface area contributed by atoms with Crippen molar-refractivity contribution in [3.8, 4) is 0 Å². The zero-order chi connectivity index (χ0) is 21.8. The van der Waals surface area contributed by atoms with Gasteiger partial charge in [0.15, 0.2) is 0 Å². The number of halogens is 2. The van der Waals surface area contributed by atoms with Gasteiger partial charge in [0.2, 0.25) is 5.91 Å². The van der Waals surface area contributed by atoms with Crippen molar-refractivity contribution in [1.82, 2.24) is 10.2 Å². The minimum atomic E-state index is -0.978. The molecule has 1 aliphatic heterocycles. The maximum atomic E-state index is 12.9. The largest absolute Gasteiger partial charge is 0.460 e. The Kier molecular flexibility index (Phi) is 7.94. The molecule has 1 N–H and O–H groups in total. The molecule has 29 heavy (non-hydrogen) atoms. The standard InChI is InChI=1S/C21H28Cl2N2O4/c1-5-6-7-10-25-12-14(20(28)29-21(2,3)4)17(19(25)27)24-18(26)13-8-9-15(22)16(23)11-13/h8-9,11,14,17H,5-7,10,12H2,1-4H3,(H,24,26)/t14-,17-/m0/s1. The highest BCUT2D eigenvalue weighted by molar-refractivity contribution is 6.42. The molecular weight excluding hydrogens is 415 g/mol. The van der Waals surface area contributed by atoms with Gasteiger partial charge in [-0.05, 0) is 45.4 Å². The zero-order valence-corrected chi connectivity index (χ0v) is 18.8. The van der Waals surface area contributed by atoms with Crippen molar-refractivity contribution in [3.63, 3.8) is 0 Å². The topological polar surface area (TPSA) is 75.7 Å². The Morgan fingerprint density at radius 1 is 1.21 bits per heavy atom. The smallest absolute Gasteiger partial charge is 0.313 e. The average molecular weight is 443 g/mol. The van der Waals surface area contributed by atoms with Gasteiger partial charge >= 0.3 is 5.97 Å². The number of likely N-dealkylation sites (tertiary alicyclic amines) is 1. The quantitative estimate of drug-likeness (QED) is 0.509. The highest BCUT2D eigenvalue weighted by atomic mass is 35.5. The van der Waals surface area contributed by atoms with Gasteiger partial charge in [-0.3, -0.25) is 14.4 Å². The number of nitrogens with zero attached hydrogens (tertiary/aromatic N) is 1. The second kappa shape index (κ2) is 9.81. The van der Waals surface area contributed by atoms with E-state index in [1.807, 2.05) is 0 Å². The lowest BCUT2D eigenvalue weighted by Gasteiger charge is -2.24. The Morgan fingerprint density at radius 2 is 1.90 bits per heavy atom. The summed E-state index contributed by atoms with van der Waals surface area (Å²) in [5.41, 5.74) is -0.423. The predicted octanol–water partition coefficient (Wildman–Crippen LogP) is 4.08. The highest BCUT2D eigenvalue weighted by Crippen LogP contribution is 2.25. The third-order valence-electron chi connectivity index (χ3n) is 4.61. The molecule has 1 fully saturated rings. The van der Waals surface area contributed by atoms with Crippen LogP contribution in [-0.2, 0) is 14.3 Å². The summed E-state index contributed by atoms with van der Waals surface area (Å²) in [6.07, 6.45) is 2.85. The number of ether oxygens (including phenoxy) is 1. The van der Waals surface area contributed by atoms with Crippen LogP contribution in [0, 0.1) is 5.92 Å². The first-order chi connectivity index (χ1) is 13.5. The normalized spacial score (nSPS) is 19.4. The molecule has 1 aromatic carbocycles. The van der Waals surface area contributed by atoms with E-state index in [0.717, 1.165) is 19.3 Å². The summed E-state index contributed by atoms with van der Waals surface area (Å²) in [7, 11) is 0. The van der Waals surface area contributed by atoms with Gasteiger partial charge in [-0.1, -0.05) is 43.0 Å². The summed E-state index contributed by atoms with van der Waals surface area (Å²) in [5.74, 6) is -2.03. The van der Waals surface area contributed by atoms with Crippen molar-refractivity contribution in [3.05, 3.63) is 33.8 Å². The lowest BCUT2D eigenvalue weighted by molar-refractivity contribution is -0.160. The fourth-order valence-corrected chi connectivity index (χ4v) is 3.47. The molecule has 1 aromatic rings. The van der Waals surface area contributed by atoms with Gasteiger partial charge in [-0.2, -0.15) is 0 Å². The molecule has 8 heteroatoms. The Bertz CT molecular complexity index is 776. The van der Waals surface area contributed by atoms with Crippen LogP contribution in [0.15, 0.2) is 18.2 Å². The number of amides is 2. The summed E-state index contributed by atoms with van der Waals surface area (Å²) in [6.45, 7) is 8.16. The van der Waals surface area contributed by atoms with Gasteiger partial charge in [0.05, 0.1) is 10.0 Å². The van der Waals surface area contributed by atoms with E-state index in [-0.39, 0.29) is 23.0 Å². The molecule has 2 amide bonds. The number of hydrogen-bond acceptors (Lipinski definition) is 4. The van der Waals surface area contributed by atoms with Crippen LogP contribution in [0.2, 0.25) is 10.0 Å². The first kappa shape index (κ1) is 23.5. The van der Waals surface area contributed by atoms with E-state index in [4.69, 9.17) is 27.9 Å². The fourth-order valence-electron chi connectivity index (χ4n) is 3.17. The lowest BCUT2D eigenvalue weighted by Crippen LogP contribution is -2.47. The van der Waals surface area contributed by atoms with Gasteiger partial charge in [-0.25, -0.2) is 0 Å². The number of benzene rings is 1. The van der Waals surface area contributed by atoms with Crippen LogP contribution in [-0.4, -0.2) is 47.4 Å². The van der Waals surface area contributed by atoms with Crippen LogP contribution in [0.4, 0.5) is 0 Å². The van der Waals surface area contributed by atoms with Gasteiger partial charge in [0, 0.05) is 18.7 Å². The van der Waals surface area contributed by atoms with Gasteiger partial charge < -0.3 is 15.0 Å². The van der Waals surface area contributed by atoms with E-state index >= 15 is 0 Å². The monoisotopic (exact) mass is 442 g/mol. The molecule has 0 aliphatic carbocycles. The number of rotatable bonds is 7. The zero-order valence-electron chi connectivity index (χ0n) is 17.3. The van der Waals surface area contributed by atoms with Gasteiger partial charge in [0.25, 0.3) is 5.91 Å². The number of hydrogen-bond donors (Lipinski definition) is 1. The summed E-state index contributed by atoms with van der Waals surface area (Å²) < 4.78 is 5.49. The Hall–Kier alpha value is -1.79. The Labute approximate surface area is 181 Å². The molecule has 1 saturated heterocycles. The molecular formula is C21H28Cl2N2O4. The molecule has 0 unspecified atom stereocenters. The van der Waals surface area contributed by atoms with Crippen LogP contribution < -0.4 is 5.32 Å². The first-order valence-corrected chi connectivity index (χ1v) is 10.6. The second-order valence-electron chi connectivity index (χ2n) is 8.21. The summed E-state index contributed by atoms with van der Waals surface area (Å²) in [6, 6.07) is 3.48. The molecule has 160 valence electrons. The second-order valence-corrected chi connectivity index (χ2v) is 9.03. The van der Waals surface area contributed by atoms with Crippen LogP contribution in [0.1, 0.15) is 57.3 Å². The third kappa shape index (κ3) is 6.34. The molecule has 6 nitrogen and oxygen atoms in total. The summed E-state index contributed by atoms with van der Waals surface area (Å²) >= 11 is 11.9. The van der Waals surface area contributed by atoms with E-state index in [9.17, 15) is 14.4 Å². The molecule has 2 rings (SSSR count). The van der Waals surface area contributed by atoms with Crippen molar-refractivity contribution in [2.24, 2.45) is 5.92 Å². The molecule has 1 aliphatic rings. The van der Waals surface area contributed by atoms with E-state index in [1.54, 1.807) is 25.7 Å². The number of esters is 1. The van der Waals surface area contributed by atoms with E-state index in [1.165, 1.54) is 18.2 Å². The van der Waals surface area contributed by atoms with Crippen molar-refractivity contribution in [2.45, 2.75) is 58.6 Å². The number of nitrogens with one attached hydrogen (secondary N) is 1. The Morgan fingerprint density at radius 3 is 2.48 bits per heavy atom. The van der Waals surface area contributed by atoms with Crippen molar-refractivity contribution in [1.29, 1.82) is 0 Å². The first-order valence-electron chi connectivity index (χ1n) is 9.81. The van der Waals surface area contributed by atoms with Gasteiger partial charge in [0.1, 0.15) is 17.6 Å². The minimum Gasteiger partial charge on any atom is -0.460 e. The van der Waals surface area contributed by atoms with Crippen molar-refractivity contribution < 1.29 is 19.1 Å². The van der Waals surface area contributed by atoms with Crippen molar-refractivity contribution in [2.75, 3.05) is 13.1 Å². The minimum absolute atomic E-state index is 0.226. The number of carbonyl (C=O) groups is 3. The number of carbonyl (C=O) groups excluding carboxylic acids is 3. The molecule has 0 radical (unpaired) electrons. The van der Waals surface area contributed by atoms with Crippen LogP contribution >= 0.6 is 23.2 Å². The lowest BCUT2D eigenvalue weighted by atomic mass is 10.0. The molecule has 0 bridgehead atoms. The maximum absolute atomic E-state index is 12.9. The molecule has 0 spiro atoms. The number of unbranched alkanes of at least 4 members (excludes halogenated alkanes) is 2. The SMILES string of the molecule is CCCCCN1C[C@H](C(=O)OC(C)(C)C)[C@H](NC(=O)c2ccc(Cl)c(Cl)c2)C1=O.